The molecule has 3 aliphatic rings. The molecule has 9 aromatic rings. The van der Waals surface area contributed by atoms with Crippen molar-refractivity contribution in [3.8, 4) is 67.5 Å². The molecule has 3 heteroatoms. The monoisotopic (exact) mass is 680 g/mol. The molecule has 1 spiro atoms. The second-order valence-corrected chi connectivity index (χ2v) is 15.0. The van der Waals surface area contributed by atoms with Gasteiger partial charge in [0.05, 0.1) is 5.41 Å². The van der Waals surface area contributed by atoms with Gasteiger partial charge in [-0.05, 0) is 97.6 Å². The minimum Gasteiger partial charge on any atom is -0.449 e. The Kier molecular flexibility index (Phi) is 5.62. The van der Waals surface area contributed by atoms with Crippen molar-refractivity contribution in [1.82, 2.24) is 0 Å². The van der Waals surface area contributed by atoms with E-state index in [1.165, 1.54) is 81.4 Å². The summed E-state index contributed by atoms with van der Waals surface area (Å²) in [5, 5.41) is 2.64. The standard InChI is InChI=1S/C49H28O2S/c1-4-18-38-33(13-1)34-14-2-5-19-39(34)49(38)40-25-26-44-47(51-43-21-7-6-20-42(43)50-44)46(40)37-24-23-30(28-41(37)49)29-11-9-12-31(27-29)32-16-10-17-36-35-15-3-8-22-45(35)52-48(32)36/h1-28H. The number of hydrogen-bond acceptors (Lipinski definition) is 3. The molecule has 0 saturated carbocycles. The van der Waals surface area contributed by atoms with Crippen LogP contribution in [0, 0.1) is 0 Å². The van der Waals surface area contributed by atoms with Crippen LogP contribution in [-0.2, 0) is 5.41 Å². The van der Waals surface area contributed by atoms with E-state index in [1.807, 2.05) is 35.6 Å². The Bertz CT molecular complexity index is 2940. The zero-order valence-electron chi connectivity index (χ0n) is 27.9. The van der Waals surface area contributed by atoms with Gasteiger partial charge in [0.2, 0.25) is 0 Å². The molecule has 2 nitrogen and oxygen atoms in total. The van der Waals surface area contributed by atoms with Crippen molar-refractivity contribution in [3.05, 3.63) is 192 Å². The van der Waals surface area contributed by atoms with Crippen LogP contribution in [0.15, 0.2) is 170 Å². The first-order valence-electron chi connectivity index (χ1n) is 17.7. The summed E-state index contributed by atoms with van der Waals surface area (Å²) in [5.74, 6) is 3.00. The summed E-state index contributed by atoms with van der Waals surface area (Å²) in [6.07, 6.45) is 0. The van der Waals surface area contributed by atoms with Crippen LogP contribution in [0.1, 0.15) is 22.3 Å². The predicted molar refractivity (Wildman–Crippen MR) is 213 cm³/mol. The molecule has 0 atom stereocenters. The molecule has 2 heterocycles. The molecular formula is C49H28O2S. The van der Waals surface area contributed by atoms with E-state index in [-0.39, 0.29) is 0 Å². The fraction of sp³-hybridized carbons (Fsp3) is 0.0204. The van der Waals surface area contributed by atoms with Crippen molar-refractivity contribution in [2.45, 2.75) is 5.41 Å². The number of ether oxygens (including phenoxy) is 2. The Morgan fingerprint density at radius 3 is 1.88 bits per heavy atom. The van der Waals surface area contributed by atoms with Gasteiger partial charge in [0.15, 0.2) is 23.0 Å². The first-order valence-corrected chi connectivity index (χ1v) is 18.6. The van der Waals surface area contributed by atoms with Crippen molar-refractivity contribution in [1.29, 1.82) is 0 Å². The summed E-state index contributed by atoms with van der Waals surface area (Å²) in [5.41, 5.74) is 14.3. The zero-order chi connectivity index (χ0) is 34.0. The van der Waals surface area contributed by atoms with E-state index in [1.54, 1.807) is 0 Å². The maximum Gasteiger partial charge on any atom is 0.178 e. The molecular weight excluding hydrogens is 653 g/mol. The van der Waals surface area contributed by atoms with E-state index in [0.29, 0.717) is 0 Å². The summed E-state index contributed by atoms with van der Waals surface area (Å²) in [6.45, 7) is 0. The fourth-order valence-corrected chi connectivity index (χ4v) is 10.5. The Hall–Kier alpha value is -6.42. The molecule has 52 heavy (non-hydrogen) atoms. The SMILES string of the molecule is c1cc(-c2ccc3c(c2)C2(c4ccccc4-c4ccccc42)c2ccc4c(c2-3)Oc2ccccc2O4)cc(-c2cccc3c2sc2ccccc23)c1. The second kappa shape index (κ2) is 10.3. The molecule has 12 rings (SSSR count). The van der Waals surface area contributed by atoms with Crippen molar-refractivity contribution in [3.63, 3.8) is 0 Å². The Labute approximate surface area is 304 Å². The Balaban J connectivity index is 1.10. The van der Waals surface area contributed by atoms with Gasteiger partial charge in [0.1, 0.15) is 0 Å². The zero-order valence-corrected chi connectivity index (χ0v) is 28.7. The highest BCUT2D eigenvalue weighted by Gasteiger charge is 2.53. The van der Waals surface area contributed by atoms with Gasteiger partial charge in [0, 0.05) is 25.7 Å². The van der Waals surface area contributed by atoms with E-state index < -0.39 is 5.41 Å². The first kappa shape index (κ1) is 28.3. The average molecular weight is 681 g/mol. The Morgan fingerprint density at radius 2 is 1.04 bits per heavy atom. The number of rotatable bonds is 2. The molecule has 0 bridgehead atoms. The van der Waals surface area contributed by atoms with Crippen molar-refractivity contribution >= 4 is 31.5 Å². The number of benzene rings is 8. The van der Waals surface area contributed by atoms with E-state index in [9.17, 15) is 0 Å². The van der Waals surface area contributed by atoms with Gasteiger partial charge in [-0.2, -0.15) is 0 Å². The van der Waals surface area contributed by atoms with Gasteiger partial charge in [-0.25, -0.2) is 0 Å². The molecule has 0 N–H and O–H groups in total. The Morgan fingerprint density at radius 1 is 0.385 bits per heavy atom. The van der Waals surface area contributed by atoms with Crippen LogP contribution in [0.4, 0.5) is 0 Å². The van der Waals surface area contributed by atoms with Crippen LogP contribution in [0.3, 0.4) is 0 Å². The summed E-state index contributed by atoms with van der Waals surface area (Å²) in [4.78, 5) is 0. The predicted octanol–water partition coefficient (Wildman–Crippen LogP) is 13.6. The van der Waals surface area contributed by atoms with Crippen LogP contribution in [0.2, 0.25) is 0 Å². The molecule has 0 unspecified atom stereocenters. The molecule has 0 saturated heterocycles. The van der Waals surface area contributed by atoms with E-state index in [0.717, 1.165) is 28.6 Å². The first-order chi connectivity index (χ1) is 25.8. The lowest BCUT2D eigenvalue weighted by Gasteiger charge is -2.31. The maximum absolute atomic E-state index is 6.77. The summed E-state index contributed by atoms with van der Waals surface area (Å²) in [6, 6.07) is 61.7. The number of para-hydroxylation sites is 2. The summed E-state index contributed by atoms with van der Waals surface area (Å²) >= 11 is 1.88. The molecule has 1 aromatic heterocycles. The molecule has 0 radical (unpaired) electrons. The van der Waals surface area contributed by atoms with Crippen molar-refractivity contribution < 1.29 is 9.47 Å². The lowest BCUT2D eigenvalue weighted by molar-refractivity contribution is 0.360. The maximum atomic E-state index is 6.77. The largest absolute Gasteiger partial charge is 0.449 e. The molecule has 1 aliphatic heterocycles. The lowest BCUT2D eigenvalue weighted by atomic mass is 9.70. The van der Waals surface area contributed by atoms with E-state index in [4.69, 9.17) is 9.47 Å². The summed E-state index contributed by atoms with van der Waals surface area (Å²) < 4.78 is 15.9. The van der Waals surface area contributed by atoms with Gasteiger partial charge in [-0.15, -0.1) is 11.3 Å². The molecule has 2 aliphatic carbocycles. The van der Waals surface area contributed by atoms with Crippen LogP contribution in [-0.4, -0.2) is 0 Å². The normalized spacial score (nSPS) is 13.8. The van der Waals surface area contributed by atoms with Gasteiger partial charge in [-0.3, -0.25) is 0 Å². The third kappa shape index (κ3) is 3.63. The minimum atomic E-state index is -0.510. The van der Waals surface area contributed by atoms with Crippen LogP contribution in [0.5, 0.6) is 23.0 Å². The average Bonchev–Trinajstić information content (AvgIpc) is 3.84. The van der Waals surface area contributed by atoms with Crippen LogP contribution in [0.25, 0.3) is 64.7 Å². The van der Waals surface area contributed by atoms with Crippen LogP contribution < -0.4 is 9.47 Å². The number of thiophene rings is 1. The van der Waals surface area contributed by atoms with Gasteiger partial charge in [-0.1, -0.05) is 133 Å². The topological polar surface area (TPSA) is 18.5 Å². The highest BCUT2D eigenvalue weighted by atomic mass is 32.1. The molecule has 8 aromatic carbocycles. The quantitative estimate of drug-likeness (QED) is 0.181. The summed E-state index contributed by atoms with van der Waals surface area (Å²) in [7, 11) is 0. The third-order valence-corrected chi connectivity index (χ3v) is 12.6. The number of hydrogen-bond donors (Lipinski definition) is 0. The van der Waals surface area contributed by atoms with E-state index >= 15 is 0 Å². The van der Waals surface area contributed by atoms with Crippen LogP contribution >= 0.6 is 11.3 Å². The molecule has 0 fully saturated rings. The lowest BCUT2D eigenvalue weighted by Crippen LogP contribution is -2.26. The highest BCUT2D eigenvalue weighted by Crippen LogP contribution is 2.66. The van der Waals surface area contributed by atoms with Crippen molar-refractivity contribution in [2.24, 2.45) is 0 Å². The highest BCUT2D eigenvalue weighted by molar-refractivity contribution is 7.26. The van der Waals surface area contributed by atoms with Gasteiger partial charge >= 0.3 is 0 Å². The minimum absolute atomic E-state index is 0.510. The fourth-order valence-electron chi connectivity index (χ4n) is 9.23. The van der Waals surface area contributed by atoms with E-state index in [2.05, 4.69) is 146 Å². The van der Waals surface area contributed by atoms with Gasteiger partial charge < -0.3 is 9.47 Å². The number of fused-ring (bicyclic) bond motifs is 16. The van der Waals surface area contributed by atoms with Crippen molar-refractivity contribution in [2.75, 3.05) is 0 Å². The molecule has 242 valence electrons. The second-order valence-electron chi connectivity index (χ2n) is 13.9. The third-order valence-electron chi connectivity index (χ3n) is 11.4. The smallest absolute Gasteiger partial charge is 0.178 e. The van der Waals surface area contributed by atoms with Gasteiger partial charge in [0.25, 0.3) is 0 Å². The molecule has 0 amide bonds.